The van der Waals surface area contributed by atoms with Gasteiger partial charge in [-0.25, -0.2) is 8.78 Å². The Kier molecular flexibility index (Phi) is 5.65. The smallest absolute Gasteiger partial charge is 0.238 e. The van der Waals surface area contributed by atoms with Gasteiger partial charge in [0.05, 0.1) is 6.54 Å². The number of hydrogen-bond acceptors (Lipinski definition) is 3. The zero-order chi connectivity index (χ0) is 13.1. The van der Waals surface area contributed by atoms with Crippen molar-refractivity contribution in [3.05, 3.63) is 29.8 Å². The summed E-state index contributed by atoms with van der Waals surface area (Å²) >= 11 is 0. The number of halogens is 3. The molecule has 0 saturated carbocycles. The van der Waals surface area contributed by atoms with E-state index in [4.69, 9.17) is 5.73 Å². The van der Waals surface area contributed by atoms with Crippen LogP contribution in [0, 0.1) is 11.6 Å². The highest BCUT2D eigenvalue weighted by Crippen LogP contribution is 2.13. The van der Waals surface area contributed by atoms with Crippen molar-refractivity contribution in [1.82, 2.24) is 4.90 Å². The van der Waals surface area contributed by atoms with Gasteiger partial charge in [0.2, 0.25) is 5.91 Å². The molecule has 1 amide bonds. The van der Waals surface area contributed by atoms with Crippen molar-refractivity contribution in [3.63, 3.8) is 0 Å². The normalized spacial score (nSPS) is 19.0. The van der Waals surface area contributed by atoms with Crippen LogP contribution in [0.2, 0.25) is 0 Å². The standard InChI is InChI=1S/C12H15F2N3O.ClH/c13-10-2-1-9(5-11(10)14)16-12(18)7-17-4-3-8(15)6-17;/h1-2,5,8H,3-4,6-7,15H2,(H,16,18);1H. The summed E-state index contributed by atoms with van der Waals surface area (Å²) in [6, 6.07) is 3.38. The third kappa shape index (κ3) is 4.41. The van der Waals surface area contributed by atoms with Crippen LogP contribution in [-0.4, -0.2) is 36.5 Å². The van der Waals surface area contributed by atoms with Crippen molar-refractivity contribution < 1.29 is 13.6 Å². The Balaban J connectivity index is 0.00000180. The highest BCUT2D eigenvalue weighted by Gasteiger charge is 2.21. The monoisotopic (exact) mass is 291 g/mol. The molecule has 1 aromatic rings. The Morgan fingerprint density at radius 1 is 1.42 bits per heavy atom. The van der Waals surface area contributed by atoms with Crippen LogP contribution in [0.5, 0.6) is 0 Å². The maximum Gasteiger partial charge on any atom is 0.238 e. The summed E-state index contributed by atoms with van der Waals surface area (Å²) in [6.45, 7) is 1.68. The fourth-order valence-corrected chi connectivity index (χ4v) is 1.98. The van der Waals surface area contributed by atoms with Gasteiger partial charge >= 0.3 is 0 Å². The van der Waals surface area contributed by atoms with Gasteiger partial charge in [-0.05, 0) is 18.6 Å². The molecule has 7 heteroatoms. The summed E-state index contributed by atoms with van der Waals surface area (Å²) in [7, 11) is 0. The third-order valence-electron chi connectivity index (χ3n) is 2.88. The number of rotatable bonds is 3. The van der Waals surface area contributed by atoms with E-state index >= 15 is 0 Å². The van der Waals surface area contributed by atoms with E-state index in [9.17, 15) is 13.6 Å². The lowest BCUT2D eigenvalue weighted by Crippen LogP contribution is -2.33. The molecular weight excluding hydrogens is 276 g/mol. The van der Waals surface area contributed by atoms with Crippen LogP contribution >= 0.6 is 12.4 Å². The molecule has 0 spiro atoms. The van der Waals surface area contributed by atoms with E-state index < -0.39 is 11.6 Å². The number of likely N-dealkylation sites (tertiary alicyclic amines) is 1. The van der Waals surface area contributed by atoms with Gasteiger partial charge in [-0.1, -0.05) is 0 Å². The minimum Gasteiger partial charge on any atom is -0.326 e. The molecule has 1 unspecified atom stereocenters. The second-order valence-electron chi connectivity index (χ2n) is 4.46. The van der Waals surface area contributed by atoms with Gasteiger partial charge in [0.15, 0.2) is 11.6 Å². The number of nitrogens with two attached hydrogens (primary N) is 1. The first-order valence-electron chi connectivity index (χ1n) is 5.77. The van der Waals surface area contributed by atoms with Gasteiger partial charge in [-0.2, -0.15) is 0 Å². The first-order chi connectivity index (χ1) is 8.54. The highest BCUT2D eigenvalue weighted by molar-refractivity contribution is 5.92. The summed E-state index contributed by atoms with van der Waals surface area (Å²) in [5.41, 5.74) is 5.98. The van der Waals surface area contributed by atoms with Gasteiger partial charge < -0.3 is 11.1 Å². The minimum atomic E-state index is -0.976. The van der Waals surface area contributed by atoms with Crippen LogP contribution in [0.15, 0.2) is 18.2 Å². The topological polar surface area (TPSA) is 58.4 Å². The molecule has 1 heterocycles. The molecule has 3 N–H and O–H groups in total. The Bertz CT molecular complexity index is 459. The van der Waals surface area contributed by atoms with Crippen LogP contribution in [0.3, 0.4) is 0 Å². The summed E-state index contributed by atoms with van der Waals surface area (Å²) < 4.78 is 25.6. The quantitative estimate of drug-likeness (QED) is 0.884. The first kappa shape index (κ1) is 15.8. The van der Waals surface area contributed by atoms with Crippen LogP contribution in [0.1, 0.15) is 6.42 Å². The highest BCUT2D eigenvalue weighted by atomic mass is 35.5. The lowest BCUT2D eigenvalue weighted by atomic mass is 10.3. The number of nitrogens with zero attached hydrogens (tertiary/aromatic N) is 1. The number of carbonyl (C=O) groups is 1. The molecule has 1 aromatic carbocycles. The number of amides is 1. The molecule has 1 aliphatic heterocycles. The molecule has 1 saturated heterocycles. The van der Waals surface area contributed by atoms with E-state index in [1.54, 1.807) is 0 Å². The zero-order valence-electron chi connectivity index (χ0n) is 10.2. The molecule has 1 fully saturated rings. The fourth-order valence-electron chi connectivity index (χ4n) is 1.98. The van der Waals surface area contributed by atoms with E-state index in [2.05, 4.69) is 5.32 Å². The molecule has 0 bridgehead atoms. The van der Waals surface area contributed by atoms with Gasteiger partial charge in [-0.3, -0.25) is 9.69 Å². The predicted molar refractivity (Wildman–Crippen MR) is 71.3 cm³/mol. The van der Waals surface area contributed by atoms with Crippen molar-refractivity contribution >= 4 is 24.0 Å². The molecule has 0 aromatic heterocycles. The van der Waals surface area contributed by atoms with E-state index in [1.165, 1.54) is 6.07 Å². The first-order valence-corrected chi connectivity index (χ1v) is 5.77. The number of benzene rings is 1. The van der Waals surface area contributed by atoms with Crippen LogP contribution in [0.4, 0.5) is 14.5 Å². The van der Waals surface area contributed by atoms with Crippen LogP contribution < -0.4 is 11.1 Å². The van der Waals surface area contributed by atoms with Gasteiger partial charge in [-0.15, -0.1) is 12.4 Å². The third-order valence-corrected chi connectivity index (χ3v) is 2.88. The summed E-state index contributed by atoms with van der Waals surface area (Å²) in [6.07, 6.45) is 0.873. The molecule has 0 radical (unpaired) electrons. The van der Waals surface area contributed by atoms with Crippen LogP contribution in [0.25, 0.3) is 0 Å². The van der Waals surface area contributed by atoms with E-state index in [0.29, 0.717) is 6.54 Å². The summed E-state index contributed by atoms with van der Waals surface area (Å²) in [5.74, 6) is -2.16. The van der Waals surface area contributed by atoms with Crippen molar-refractivity contribution in [2.45, 2.75) is 12.5 Å². The Morgan fingerprint density at radius 3 is 2.74 bits per heavy atom. The average Bonchev–Trinajstić information content (AvgIpc) is 2.69. The minimum absolute atomic E-state index is 0. The number of carbonyl (C=O) groups excluding carboxylic acids is 1. The largest absolute Gasteiger partial charge is 0.326 e. The second-order valence-corrected chi connectivity index (χ2v) is 4.46. The van der Waals surface area contributed by atoms with E-state index in [1.807, 2.05) is 4.90 Å². The number of anilines is 1. The van der Waals surface area contributed by atoms with Gasteiger partial charge in [0.25, 0.3) is 0 Å². The van der Waals surface area contributed by atoms with E-state index in [-0.39, 0.29) is 36.6 Å². The average molecular weight is 292 g/mol. The van der Waals surface area contributed by atoms with Gasteiger partial charge in [0.1, 0.15) is 0 Å². The Hall–Kier alpha value is -1.24. The number of hydrogen-bond donors (Lipinski definition) is 2. The lowest BCUT2D eigenvalue weighted by molar-refractivity contribution is -0.117. The van der Waals surface area contributed by atoms with Crippen molar-refractivity contribution in [3.8, 4) is 0 Å². The van der Waals surface area contributed by atoms with E-state index in [0.717, 1.165) is 25.1 Å². The molecule has 2 rings (SSSR count). The number of nitrogens with one attached hydrogen (secondary N) is 1. The molecule has 0 aliphatic carbocycles. The molecular formula is C12H16ClF2N3O. The molecule has 1 atom stereocenters. The summed E-state index contributed by atoms with van der Waals surface area (Å²) in [5, 5.41) is 2.52. The maximum atomic E-state index is 12.9. The SMILES string of the molecule is Cl.NC1CCN(CC(=O)Nc2ccc(F)c(F)c2)C1. The zero-order valence-corrected chi connectivity index (χ0v) is 11.1. The van der Waals surface area contributed by atoms with Crippen molar-refractivity contribution in [1.29, 1.82) is 0 Å². The lowest BCUT2D eigenvalue weighted by Gasteiger charge is -2.14. The van der Waals surface area contributed by atoms with Gasteiger partial charge in [0, 0.05) is 30.9 Å². The van der Waals surface area contributed by atoms with Crippen LogP contribution in [-0.2, 0) is 4.79 Å². The molecule has 19 heavy (non-hydrogen) atoms. The maximum absolute atomic E-state index is 12.9. The fraction of sp³-hybridized carbons (Fsp3) is 0.417. The Morgan fingerprint density at radius 2 is 2.16 bits per heavy atom. The molecule has 4 nitrogen and oxygen atoms in total. The van der Waals surface area contributed by atoms with Crippen molar-refractivity contribution in [2.24, 2.45) is 5.73 Å². The van der Waals surface area contributed by atoms with Crippen molar-refractivity contribution in [2.75, 3.05) is 25.0 Å². The second kappa shape index (κ2) is 6.79. The molecule has 1 aliphatic rings. The molecule has 106 valence electrons. The summed E-state index contributed by atoms with van der Waals surface area (Å²) in [4.78, 5) is 13.6. The Labute approximate surface area is 116 Å². The predicted octanol–water partition coefficient (Wildman–Crippen LogP) is 1.36.